The molecule has 1 atom stereocenters. The van der Waals surface area contributed by atoms with Crippen LogP contribution in [0.15, 0.2) is 53.4 Å². The molecule has 0 heterocycles. The van der Waals surface area contributed by atoms with Crippen LogP contribution in [-0.4, -0.2) is 6.26 Å². The Balaban J connectivity index is 2.22. The second kappa shape index (κ2) is 5.94. The summed E-state index contributed by atoms with van der Waals surface area (Å²) in [4.78, 5) is 1.22. The van der Waals surface area contributed by atoms with E-state index in [0.29, 0.717) is 0 Å². The number of benzene rings is 2. The minimum atomic E-state index is -0.0355. The fourth-order valence-electron chi connectivity index (χ4n) is 1.72. The third-order valence-electron chi connectivity index (χ3n) is 2.70. The molecule has 0 aliphatic heterocycles. The molecule has 0 fully saturated rings. The maximum absolute atomic E-state index is 5.93. The van der Waals surface area contributed by atoms with Crippen molar-refractivity contribution in [3.8, 4) is 11.5 Å². The van der Waals surface area contributed by atoms with Gasteiger partial charge in [-0.25, -0.2) is 0 Å². The number of thioether (sulfide) groups is 1. The maximum Gasteiger partial charge on any atom is 0.132 e. The second-order valence-corrected chi connectivity index (χ2v) is 4.98. The molecule has 0 aliphatic rings. The van der Waals surface area contributed by atoms with Gasteiger partial charge in [0.05, 0.1) is 0 Å². The zero-order chi connectivity index (χ0) is 13.0. The molecule has 0 saturated carbocycles. The van der Waals surface area contributed by atoms with Gasteiger partial charge in [-0.15, -0.1) is 11.8 Å². The van der Waals surface area contributed by atoms with Crippen molar-refractivity contribution in [3.63, 3.8) is 0 Å². The Labute approximate surface area is 112 Å². The minimum Gasteiger partial charge on any atom is -0.457 e. The van der Waals surface area contributed by atoms with Crippen LogP contribution in [0.25, 0.3) is 0 Å². The summed E-state index contributed by atoms with van der Waals surface area (Å²) in [6.07, 6.45) is 2.06. The summed E-state index contributed by atoms with van der Waals surface area (Å²) in [5, 5.41) is 0. The first-order valence-electron chi connectivity index (χ1n) is 5.87. The topological polar surface area (TPSA) is 35.2 Å². The molecule has 1 unspecified atom stereocenters. The van der Waals surface area contributed by atoms with Gasteiger partial charge in [0.25, 0.3) is 0 Å². The molecular formula is C15H17NOS. The van der Waals surface area contributed by atoms with Gasteiger partial charge >= 0.3 is 0 Å². The summed E-state index contributed by atoms with van der Waals surface area (Å²) in [7, 11) is 0. The molecule has 2 aromatic carbocycles. The standard InChI is InChI=1S/C15H17NOS/c1-11(16)14-5-3-4-6-15(14)17-12-7-9-13(18-2)10-8-12/h3-11H,16H2,1-2H3. The van der Waals surface area contributed by atoms with Crippen molar-refractivity contribution in [1.82, 2.24) is 0 Å². The fourth-order valence-corrected chi connectivity index (χ4v) is 2.13. The first kappa shape index (κ1) is 13.0. The van der Waals surface area contributed by atoms with Crippen LogP contribution in [0.3, 0.4) is 0 Å². The Morgan fingerprint density at radius 2 is 1.72 bits per heavy atom. The monoisotopic (exact) mass is 259 g/mol. The van der Waals surface area contributed by atoms with E-state index in [1.54, 1.807) is 11.8 Å². The molecule has 94 valence electrons. The van der Waals surface area contributed by atoms with E-state index in [2.05, 4.69) is 18.4 Å². The van der Waals surface area contributed by atoms with E-state index < -0.39 is 0 Å². The average molecular weight is 259 g/mol. The van der Waals surface area contributed by atoms with Crippen LogP contribution in [-0.2, 0) is 0 Å². The molecule has 0 spiro atoms. The molecule has 0 bridgehead atoms. The summed E-state index contributed by atoms with van der Waals surface area (Å²) in [6.45, 7) is 1.96. The molecule has 2 N–H and O–H groups in total. The van der Waals surface area contributed by atoms with Crippen molar-refractivity contribution >= 4 is 11.8 Å². The molecule has 3 heteroatoms. The van der Waals surface area contributed by atoms with E-state index in [1.807, 2.05) is 43.3 Å². The molecule has 0 aromatic heterocycles. The Kier molecular flexibility index (Phi) is 4.28. The van der Waals surface area contributed by atoms with Crippen molar-refractivity contribution in [3.05, 3.63) is 54.1 Å². The van der Waals surface area contributed by atoms with Crippen LogP contribution in [0.4, 0.5) is 0 Å². The van der Waals surface area contributed by atoms with Gasteiger partial charge in [0.2, 0.25) is 0 Å². The Morgan fingerprint density at radius 3 is 2.33 bits per heavy atom. The van der Waals surface area contributed by atoms with Crippen LogP contribution in [0.1, 0.15) is 18.5 Å². The van der Waals surface area contributed by atoms with Crippen LogP contribution in [0.5, 0.6) is 11.5 Å². The third kappa shape index (κ3) is 3.06. The van der Waals surface area contributed by atoms with Crippen molar-refractivity contribution in [1.29, 1.82) is 0 Å². The summed E-state index contributed by atoms with van der Waals surface area (Å²) >= 11 is 1.72. The van der Waals surface area contributed by atoms with Gasteiger partial charge in [0.15, 0.2) is 0 Å². The lowest BCUT2D eigenvalue weighted by atomic mass is 10.1. The maximum atomic E-state index is 5.93. The summed E-state index contributed by atoms with van der Waals surface area (Å²) in [5.41, 5.74) is 6.95. The summed E-state index contributed by atoms with van der Waals surface area (Å²) < 4.78 is 5.88. The number of rotatable bonds is 4. The highest BCUT2D eigenvalue weighted by Gasteiger charge is 2.07. The number of nitrogens with two attached hydrogens (primary N) is 1. The van der Waals surface area contributed by atoms with Gasteiger partial charge in [-0.1, -0.05) is 18.2 Å². The molecule has 0 aliphatic carbocycles. The van der Waals surface area contributed by atoms with E-state index in [1.165, 1.54) is 4.90 Å². The van der Waals surface area contributed by atoms with Crippen molar-refractivity contribution < 1.29 is 4.74 Å². The predicted molar refractivity (Wildman–Crippen MR) is 77.3 cm³/mol. The highest BCUT2D eigenvalue weighted by molar-refractivity contribution is 7.98. The van der Waals surface area contributed by atoms with Crippen molar-refractivity contribution in [2.75, 3.05) is 6.26 Å². The van der Waals surface area contributed by atoms with Crippen molar-refractivity contribution in [2.45, 2.75) is 17.9 Å². The zero-order valence-corrected chi connectivity index (χ0v) is 11.4. The molecule has 2 nitrogen and oxygen atoms in total. The highest BCUT2D eigenvalue weighted by atomic mass is 32.2. The lowest BCUT2D eigenvalue weighted by molar-refractivity contribution is 0.471. The Morgan fingerprint density at radius 1 is 1.06 bits per heavy atom. The van der Waals surface area contributed by atoms with E-state index >= 15 is 0 Å². The smallest absolute Gasteiger partial charge is 0.132 e. The van der Waals surface area contributed by atoms with E-state index in [0.717, 1.165) is 17.1 Å². The number of hydrogen-bond donors (Lipinski definition) is 1. The van der Waals surface area contributed by atoms with Gasteiger partial charge in [-0.3, -0.25) is 0 Å². The lowest BCUT2D eigenvalue weighted by Gasteiger charge is -2.13. The third-order valence-corrected chi connectivity index (χ3v) is 3.44. The van der Waals surface area contributed by atoms with Crippen molar-refractivity contribution in [2.24, 2.45) is 5.73 Å². The number of hydrogen-bond acceptors (Lipinski definition) is 3. The number of para-hydroxylation sites is 1. The second-order valence-electron chi connectivity index (χ2n) is 4.10. The minimum absolute atomic E-state index is 0.0355. The van der Waals surface area contributed by atoms with Gasteiger partial charge in [-0.2, -0.15) is 0 Å². The van der Waals surface area contributed by atoms with Crippen LogP contribution in [0, 0.1) is 0 Å². The largest absolute Gasteiger partial charge is 0.457 e. The quantitative estimate of drug-likeness (QED) is 0.835. The van der Waals surface area contributed by atoms with Gasteiger partial charge < -0.3 is 10.5 Å². The van der Waals surface area contributed by atoms with Crippen LogP contribution in [0.2, 0.25) is 0 Å². The molecule has 0 radical (unpaired) electrons. The zero-order valence-electron chi connectivity index (χ0n) is 10.6. The Hall–Kier alpha value is -1.45. The molecule has 2 aromatic rings. The average Bonchev–Trinajstić information content (AvgIpc) is 2.40. The lowest BCUT2D eigenvalue weighted by Crippen LogP contribution is -2.06. The van der Waals surface area contributed by atoms with E-state index in [-0.39, 0.29) is 6.04 Å². The first-order chi connectivity index (χ1) is 8.70. The van der Waals surface area contributed by atoms with Gasteiger partial charge in [0, 0.05) is 16.5 Å². The van der Waals surface area contributed by atoms with Gasteiger partial charge in [-0.05, 0) is 43.5 Å². The summed E-state index contributed by atoms with van der Waals surface area (Å²) in [5.74, 6) is 1.66. The van der Waals surface area contributed by atoms with Gasteiger partial charge in [0.1, 0.15) is 11.5 Å². The van der Waals surface area contributed by atoms with E-state index in [9.17, 15) is 0 Å². The SMILES string of the molecule is CSc1ccc(Oc2ccccc2C(C)N)cc1. The molecule has 0 saturated heterocycles. The molecule has 2 rings (SSSR count). The molecule has 18 heavy (non-hydrogen) atoms. The summed E-state index contributed by atoms with van der Waals surface area (Å²) in [6, 6.07) is 15.9. The molecule has 0 amide bonds. The molecular weight excluding hydrogens is 242 g/mol. The van der Waals surface area contributed by atoms with Crippen LogP contribution >= 0.6 is 11.8 Å². The highest BCUT2D eigenvalue weighted by Crippen LogP contribution is 2.29. The van der Waals surface area contributed by atoms with E-state index in [4.69, 9.17) is 10.5 Å². The normalized spacial score (nSPS) is 12.2. The fraction of sp³-hybridized carbons (Fsp3) is 0.200. The first-order valence-corrected chi connectivity index (χ1v) is 7.09. The number of ether oxygens (including phenoxy) is 1. The Bertz CT molecular complexity index is 508. The van der Waals surface area contributed by atoms with Crippen LogP contribution < -0.4 is 10.5 Å². The predicted octanol–water partition coefficient (Wildman–Crippen LogP) is 4.22.